The quantitative estimate of drug-likeness (QED) is 0.802. The molecule has 1 atom stereocenters. The molecule has 0 fully saturated rings. The van der Waals surface area contributed by atoms with Crippen molar-refractivity contribution < 1.29 is 32.3 Å². The minimum atomic E-state index is -4.93. The molecule has 2 rings (SSSR count). The lowest BCUT2D eigenvalue weighted by molar-refractivity contribution is -0.186. The van der Waals surface area contributed by atoms with Crippen LogP contribution in [0.25, 0.3) is 0 Å². The number of aromatic nitrogens is 2. The molecule has 1 aromatic heterocycles. The molecule has 1 amide bonds. The number of hydrogen-bond acceptors (Lipinski definition) is 3. The van der Waals surface area contributed by atoms with Gasteiger partial charge in [0.2, 0.25) is 0 Å². The molecule has 0 aromatic carbocycles. The summed E-state index contributed by atoms with van der Waals surface area (Å²) in [6, 6.07) is -1.65. The zero-order valence-electron chi connectivity index (χ0n) is 9.82. The van der Waals surface area contributed by atoms with Crippen LogP contribution in [0.4, 0.5) is 17.6 Å². The van der Waals surface area contributed by atoms with Crippen LogP contribution in [0.2, 0.25) is 0 Å². The fraction of sp³-hybridized carbons (Fsp3) is 0.500. The minimum absolute atomic E-state index is 0.231. The predicted octanol–water partition coefficient (Wildman–Crippen LogP) is 0.648. The first-order valence-corrected chi connectivity index (χ1v) is 5.46. The van der Waals surface area contributed by atoms with Gasteiger partial charge in [-0.2, -0.15) is 8.78 Å². The Labute approximate surface area is 109 Å². The highest BCUT2D eigenvalue weighted by molar-refractivity contribution is 5.89. The van der Waals surface area contributed by atoms with E-state index in [9.17, 15) is 27.2 Å². The van der Waals surface area contributed by atoms with Gasteiger partial charge in [-0.25, -0.2) is 18.6 Å². The summed E-state index contributed by atoms with van der Waals surface area (Å²) in [6.07, 6.45) is -3.31. The van der Waals surface area contributed by atoms with Gasteiger partial charge < -0.3 is 15.0 Å². The SMILES string of the molecule is O=C(O)C1Cc2nc[nH]c2CN1C(=O)C(F)(F)C(F)F. The zero-order chi connectivity index (χ0) is 15.1. The van der Waals surface area contributed by atoms with Crippen molar-refractivity contribution in [2.45, 2.75) is 31.4 Å². The van der Waals surface area contributed by atoms with Crippen molar-refractivity contribution >= 4 is 11.9 Å². The smallest absolute Gasteiger partial charge is 0.383 e. The summed E-state index contributed by atoms with van der Waals surface area (Å²) in [5, 5.41) is 8.96. The number of fused-ring (bicyclic) bond motifs is 1. The third kappa shape index (κ3) is 2.21. The van der Waals surface area contributed by atoms with E-state index in [-0.39, 0.29) is 17.0 Å². The van der Waals surface area contributed by atoms with E-state index in [1.54, 1.807) is 0 Å². The van der Waals surface area contributed by atoms with Crippen LogP contribution in [0.15, 0.2) is 6.33 Å². The number of nitrogens with zero attached hydrogens (tertiary/aromatic N) is 2. The monoisotopic (exact) mass is 295 g/mol. The van der Waals surface area contributed by atoms with Crippen molar-refractivity contribution in [1.82, 2.24) is 14.9 Å². The molecule has 1 aliphatic rings. The molecule has 2 heterocycles. The van der Waals surface area contributed by atoms with Gasteiger partial charge in [0, 0.05) is 6.42 Å². The molecule has 10 heteroatoms. The molecule has 1 aliphatic heterocycles. The molecule has 6 nitrogen and oxygen atoms in total. The van der Waals surface area contributed by atoms with Gasteiger partial charge in [-0.15, -0.1) is 0 Å². The number of H-pyrrole nitrogens is 1. The lowest BCUT2D eigenvalue weighted by Crippen LogP contribution is -2.55. The molecular weight excluding hydrogens is 286 g/mol. The van der Waals surface area contributed by atoms with Crippen LogP contribution in [0.1, 0.15) is 11.4 Å². The molecule has 0 saturated carbocycles. The molecular formula is C10H9F4N3O3. The average Bonchev–Trinajstić information content (AvgIpc) is 2.82. The number of alkyl halides is 4. The van der Waals surface area contributed by atoms with E-state index in [1.807, 2.05) is 0 Å². The fourth-order valence-corrected chi connectivity index (χ4v) is 1.95. The van der Waals surface area contributed by atoms with Gasteiger partial charge in [0.15, 0.2) is 0 Å². The van der Waals surface area contributed by atoms with Crippen molar-refractivity contribution in [2.24, 2.45) is 0 Å². The second-order valence-corrected chi connectivity index (χ2v) is 4.24. The largest absolute Gasteiger partial charge is 0.480 e. The Morgan fingerprint density at radius 2 is 2.15 bits per heavy atom. The normalized spacial score (nSPS) is 19.1. The molecule has 2 N–H and O–H groups in total. The number of nitrogens with one attached hydrogen (secondary N) is 1. The number of rotatable bonds is 3. The highest BCUT2D eigenvalue weighted by Crippen LogP contribution is 2.30. The molecule has 0 bridgehead atoms. The molecule has 20 heavy (non-hydrogen) atoms. The van der Waals surface area contributed by atoms with Crippen molar-refractivity contribution in [3.8, 4) is 0 Å². The maximum atomic E-state index is 13.1. The second kappa shape index (κ2) is 4.76. The maximum absolute atomic E-state index is 13.1. The van der Waals surface area contributed by atoms with Crippen LogP contribution in [0.5, 0.6) is 0 Å². The van der Waals surface area contributed by atoms with Crippen molar-refractivity contribution in [3.05, 3.63) is 17.7 Å². The third-order valence-corrected chi connectivity index (χ3v) is 3.00. The van der Waals surface area contributed by atoms with E-state index >= 15 is 0 Å². The first kappa shape index (κ1) is 14.3. The Balaban J connectivity index is 2.34. The van der Waals surface area contributed by atoms with Crippen LogP contribution in [-0.4, -0.2) is 50.2 Å². The van der Waals surface area contributed by atoms with E-state index in [0.717, 1.165) is 0 Å². The van der Waals surface area contributed by atoms with E-state index in [0.29, 0.717) is 5.69 Å². The number of aliphatic carboxylic acids is 1. The predicted molar refractivity (Wildman–Crippen MR) is 55.2 cm³/mol. The Kier molecular flexibility index (Phi) is 3.40. The van der Waals surface area contributed by atoms with Gasteiger partial charge >= 0.3 is 18.3 Å². The zero-order valence-corrected chi connectivity index (χ0v) is 9.82. The van der Waals surface area contributed by atoms with E-state index in [2.05, 4.69) is 9.97 Å². The highest BCUT2D eigenvalue weighted by Gasteiger charge is 2.54. The number of hydrogen-bond donors (Lipinski definition) is 2. The summed E-state index contributed by atoms with van der Waals surface area (Å²) < 4.78 is 50.6. The Morgan fingerprint density at radius 3 is 2.70 bits per heavy atom. The van der Waals surface area contributed by atoms with Crippen LogP contribution in [-0.2, 0) is 22.6 Å². The molecule has 0 saturated heterocycles. The summed E-state index contributed by atoms with van der Waals surface area (Å²) in [5.74, 6) is -8.69. The van der Waals surface area contributed by atoms with Gasteiger partial charge in [-0.05, 0) is 0 Å². The van der Waals surface area contributed by atoms with Crippen LogP contribution < -0.4 is 0 Å². The lowest BCUT2D eigenvalue weighted by atomic mass is 10.0. The lowest BCUT2D eigenvalue weighted by Gasteiger charge is -2.34. The second-order valence-electron chi connectivity index (χ2n) is 4.24. The number of imidazole rings is 1. The Morgan fingerprint density at radius 1 is 1.50 bits per heavy atom. The van der Waals surface area contributed by atoms with Gasteiger partial charge in [-0.3, -0.25) is 4.79 Å². The van der Waals surface area contributed by atoms with Gasteiger partial charge in [0.05, 0.1) is 24.3 Å². The summed E-state index contributed by atoms with van der Waals surface area (Å²) in [5.41, 5.74) is 0.558. The van der Waals surface area contributed by atoms with Crippen LogP contribution in [0.3, 0.4) is 0 Å². The fourth-order valence-electron chi connectivity index (χ4n) is 1.95. The third-order valence-electron chi connectivity index (χ3n) is 3.00. The summed E-state index contributed by atoms with van der Waals surface area (Å²) >= 11 is 0. The summed E-state index contributed by atoms with van der Waals surface area (Å²) in [7, 11) is 0. The van der Waals surface area contributed by atoms with Crippen molar-refractivity contribution in [3.63, 3.8) is 0 Å². The number of carboxylic acids is 1. The highest BCUT2D eigenvalue weighted by atomic mass is 19.3. The number of carbonyl (C=O) groups is 2. The average molecular weight is 295 g/mol. The minimum Gasteiger partial charge on any atom is -0.480 e. The van der Waals surface area contributed by atoms with E-state index in [1.165, 1.54) is 6.33 Å². The molecule has 110 valence electrons. The molecule has 1 unspecified atom stereocenters. The topological polar surface area (TPSA) is 86.3 Å². The number of amides is 1. The number of carbonyl (C=O) groups excluding carboxylic acids is 1. The molecule has 1 aromatic rings. The molecule has 0 aliphatic carbocycles. The number of carboxylic acid groups (broad SMARTS) is 1. The van der Waals surface area contributed by atoms with Gasteiger partial charge in [0.25, 0.3) is 5.91 Å². The summed E-state index contributed by atoms with van der Waals surface area (Å²) in [4.78, 5) is 29.1. The first-order valence-electron chi connectivity index (χ1n) is 5.46. The van der Waals surface area contributed by atoms with Crippen molar-refractivity contribution in [2.75, 3.05) is 0 Å². The first-order chi connectivity index (χ1) is 9.25. The molecule has 0 radical (unpaired) electrons. The van der Waals surface area contributed by atoms with E-state index < -0.39 is 36.8 Å². The molecule has 0 spiro atoms. The summed E-state index contributed by atoms with van der Waals surface area (Å²) in [6.45, 7) is -0.534. The van der Waals surface area contributed by atoms with Gasteiger partial charge in [-0.1, -0.05) is 0 Å². The Hall–Kier alpha value is -2.13. The van der Waals surface area contributed by atoms with E-state index in [4.69, 9.17) is 5.11 Å². The van der Waals surface area contributed by atoms with Crippen LogP contribution >= 0.6 is 0 Å². The number of aromatic amines is 1. The van der Waals surface area contributed by atoms with Crippen LogP contribution in [0, 0.1) is 0 Å². The van der Waals surface area contributed by atoms with Gasteiger partial charge in [0.1, 0.15) is 6.04 Å². The standard InChI is InChI=1S/C10H9F4N3O3/c11-8(12)10(13,14)9(20)17-2-5-4(15-3-16-5)1-6(17)7(18)19/h3,6,8H,1-2H2,(H,15,16)(H,18,19). The number of halogens is 4. The Bertz CT molecular complexity index is 546. The van der Waals surface area contributed by atoms with Crippen molar-refractivity contribution in [1.29, 1.82) is 0 Å². The maximum Gasteiger partial charge on any atom is 0.383 e.